The Hall–Kier alpha value is -0.0800. The Balaban J connectivity index is 1.99. The van der Waals surface area contributed by atoms with E-state index in [1.807, 2.05) is 0 Å². The van der Waals surface area contributed by atoms with Crippen LogP contribution in [0.4, 0.5) is 0 Å². The molecule has 0 radical (unpaired) electrons. The van der Waals surface area contributed by atoms with Crippen molar-refractivity contribution in [2.45, 2.75) is 72.3 Å². The Morgan fingerprint density at radius 3 is 2.32 bits per heavy atom. The molecule has 1 fully saturated rings. The lowest BCUT2D eigenvalue weighted by Gasteiger charge is -2.32. The maximum atomic E-state index is 5.62. The lowest BCUT2D eigenvalue weighted by Crippen LogP contribution is -2.34. The minimum atomic E-state index is 0.391. The van der Waals surface area contributed by atoms with E-state index in [9.17, 15) is 0 Å². The zero-order chi connectivity index (χ0) is 14.1. The number of likely N-dealkylation sites (tertiary alicyclic amines) is 1. The second-order valence-electron chi connectivity index (χ2n) is 6.88. The molecule has 2 nitrogen and oxygen atoms in total. The van der Waals surface area contributed by atoms with Gasteiger partial charge in [0.2, 0.25) is 0 Å². The first-order chi connectivity index (χ1) is 9.08. The van der Waals surface area contributed by atoms with Gasteiger partial charge in [0.25, 0.3) is 0 Å². The molecule has 0 aromatic rings. The molecule has 0 bridgehead atoms. The van der Waals surface area contributed by atoms with Gasteiger partial charge in [-0.2, -0.15) is 0 Å². The van der Waals surface area contributed by atoms with Gasteiger partial charge in [-0.05, 0) is 83.8 Å². The van der Waals surface area contributed by atoms with Crippen molar-refractivity contribution in [1.29, 1.82) is 0 Å². The topological polar surface area (TPSA) is 12.5 Å². The van der Waals surface area contributed by atoms with Crippen LogP contribution in [0, 0.1) is 11.8 Å². The normalized spacial score (nSPS) is 18.6. The van der Waals surface area contributed by atoms with E-state index in [2.05, 4.69) is 32.6 Å². The van der Waals surface area contributed by atoms with Crippen LogP contribution in [0.25, 0.3) is 0 Å². The molecule has 0 amide bonds. The zero-order valence-electron chi connectivity index (χ0n) is 13.7. The first-order valence-corrected chi connectivity index (χ1v) is 8.42. The van der Waals surface area contributed by atoms with Gasteiger partial charge in [0.15, 0.2) is 0 Å². The van der Waals surface area contributed by atoms with E-state index in [4.69, 9.17) is 4.74 Å². The summed E-state index contributed by atoms with van der Waals surface area (Å²) in [4.78, 5) is 2.67. The van der Waals surface area contributed by atoms with Gasteiger partial charge in [-0.15, -0.1) is 0 Å². The average molecular weight is 269 g/mol. The average Bonchev–Trinajstić information content (AvgIpc) is 2.36. The Labute approximate surface area is 120 Å². The van der Waals surface area contributed by atoms with E-state index >= 15 is 0 Å². The van der Waals surface area contributed by atoms with Crippen molar-refractivity contribution in [2.24, 2.45) is 11.8 Å². The van der Waals surface area contributed by atoms with Gasteiger partial charge in [-0.25, -0.2) is 0 Å². The highest BCUT2D eigenvalue weighted by Crippen LogP contribution is 2.22. The zero-order valence-corrected chi connectivity index (χ0v) is 13.7. The fraction of sp³-hybridized carbons (Fsp3) is 1.00. The summed E-state index contributed by atoms with van der Waals surface area (Å²) in [5.74, 6) is 1.82. The van der Waals surface area contributed by atoms with E-state index in [1.54, 1.807) is 0 Å². The molecule has 1 heterocycles. The van der Waals surface area contributed by atoms with Gasteiger partial charge in [0, 0.05) is 6.61 Å². The Morgan fingerprint density at radius 2 is 1.74 bits per heavy atom. The van der Waals surface area contributed by atoms with Crippen molar-refractivity contribution >= 4 is 0 Å². The van der Waals surface area contributed by atoms with Gasteiger partial charge in [-0.1, -0.05) is 13.8 Å². The van der Waals surface area contributed by atoms with E-state index < -0.39 is 0 Å². The molecule has 19 heavy (non-hydrogen) atoms. The predicted octanol–water partition coefficient (Wildman–Crippen LogP) is 4.34. The largest absolute Gasteiger partial charge is 0.379 e. The molecule has 0 aromatic heterocycles. The van der Waals surface area contributed by atoms with Crippen molar-refractivity contribution in [2.75, 3.05) is 26.2 Å². The molecule has 0 aromatic carbocycles. The van der Waals surface area contributed by atoms with Crippen LogP contribution in [0.5, 0.6) is 0 Å². The van der Waals surface area contributed by atoms with Crippen LogP contribution in [0.15, 0.2) is 0 Å². The third-order valence-corrected chi connectivity index (χ3v) is 4.17. The fourth-order valence-electron chi connectivity index (χ4n) is 2.91. The molecular formula is C17H35NO. The molecule has 1 aliphatic rings. The van der Waals surface area contributed by atoms with Crippen molar-refractivity contribution in [3.05, 3.63) is 0 Å². The SMILES string of the molecule is CC(C)CCCN1CCC(CCCOC(C)C)CC1. The second kappa shape index (κ2) is 9.77. The van der Waals surface area contributed by atoms with Crippen molar-refractivity contribution in [3.63, 3.8) is 0 Å². The highest BCUT2D eigenvalue weighted by Gasteiger charge is 2.18. The number of nitrogens with zero attached hydrogens (tertiary/aromatic N) is 1. The second-order valence-corrected chi connectivity index (χ2v) is 6.88. The van der Waals surface area contributed by atoms with Crippen LogP contribution < -0.4 is 0 Å². The van der Waals surface area contributed by atoms with E-state index in [0.29, 0.717) is 6.10 Å². The smallest absolute Gasteiger partial charge is 0.0518 e. The monoisotopic (exact) mass is 269 g/mol. The minimum absolute atomic E-state index is 0.391. The van der Waals surface area contributed by atoms with Crippen LogP contribution in [0.3, 0.4) is 0 Å². The molecule has 1 rings (SSSR count). The van der Waals surface area contributed by atoms with Crippen LogP contribution in [0.2, 0.25) is 0 Å². The maximum Gasteiger partial charge on any atom is 0.0518 e. The third kappa shape index (κ3) is 8.65. The number of hydrogen-bond donors (Lipinski definition) is 0. The maximum absolute atomic E-state index is 5.62. The van der Waals surface area contributed by atoms with E-state index in [-0.39, 0.29) is 0 Å². The van der Waals surface area contributed by atoms with Gasteiger partial charge < -0.3 is 9.64 Å². The Morgan fingerprint density at radius 1 is 1.05 bits per heavy atom. The molecule has 1 saturated heterocycles. The van der Waals surface area contributed by atoms with Crippen LogP contribution in [0.1, 0.15) is 66.2 Å². The van der Waals surface area contributed by atoms with Crippen molar-refractivity contribution in [1.82, 2.24) is 4.90 Å². The van der Waals surface area contributed by atoms with Crippen LogP contribution in [-0.4, -0.2) is 37.2 Å². The highest BCUT2D eigenvalue weighted by molar-refractivity contribution is 4.72. The first-order valence-electron chi connectivity index (χ1n) is 8.42. The summed E-state index contributed by atoms with van der Waals surface area (Å²) in [6.07, 6.45) is 8.58. The van der Waals surface area contributed by atoms with E-state index in [0.717, 1.165) is 18.4 Å². The first kappa shape index (κ1) is 17.0. The highest BCUT2D eigenvalue weighted by atomic mass is 16.5. The molecule has 1 aliphatic heterocycles. The molecule has 0 unspecified atom stereocenters. The Kier molecular flexibility index (Phi) is 8.72. The van der Waals surface area contributed by atoms with Crippen LogP contribution in [-0.2, 0) is 4.74 Å². The molecule has 0 atom stereocenters. The lowest BCUT2D eigenvalue weighted by molar-refractivity contribution is 0.0704. The number of hydrogen-bond acceptors (Lipinski definition) is 2. The molecule has 0 spiro atoms. The molecule has 114 valence electrons. The Bertz CT molecular complexity index is 207. The van der Waals surface area contributed by atoms with Crippen molar-refractivity contribution < 1.29 is 4.74 Å². The minimum Gasteiger partial charge on any atom is -0.379 e. The summed E-state index contributed by atoms with van der Waals surface area (Å²) >= 11 is 0. The summed E-state index contributed by atoms with van der Waals surface area (Å²) in [5, 5.41) is 0. The molecule has 2 heteroatoms. The summed E-state index contributed by atoms with van der Waals surface area (Å²) in [6.45, 7) is 13.8. The summed E-state index contributed by atoms with van der Waals surface area (Å²) in [7, 11) is 0. The fourth-order valence-corrected chi connectivity index (χ4v) is 2.91. The van der Waals surface area contributed by atoms with Gasteiger partial charge >= 0.3 is 0 Å². The summed E-state index contributed by atoms with van der Waals surface area (Å²) < 4.78 is 5.62. The third-order valence-electron chi connectivity index (χ3n) is 4.17. The molecular weight excluding hydrogens is 234 g/mol. The summed E-state index contributed by atoms with van der Waals surface area (Å²) in [6, 6.07) is 0. The van der Waals surface area contributed by atoms with Gasteiger partial charge in [-0.3, -0.25) is 0 Å². The lowest BCUT2D eigenvalue weighted by atomic mass is 9.92. The molecule has 0 saturated carbocycles. The quantitative estimate of drug-likeness (QED) is 0.577. The van der Waals surface area contributed by atoms with Gasteiger partial charge in [0.1, 0.15) is 0 Å². The number of ether oxygens (including phenoxy) is 1. The summed E-state index contributed by atoms with van der Waals surface area (Å²) in [5.41, 5.74) is 0. The van der Waals surface area contributed by atoms with Crippen molar-refractivity contribution in [3.8, 4) is 0 Å². The van der Waals surface area contributed by atoms with Gasteiger partial charge in [0.05, 0.1) is 6.10 Å². The predicted molar refractivity (Wildman–Crippen MR) is 83.6 cm³/mol. The van der Waals surface area contributed by atoms with E-state index in [1.165, 1.54) is 58.2 Å². The number of piperidine rings is 1. The molecule has 0 N–H and O–H groups in total. The standard InChI is InChI=1S/C17H35NO/c1-15(2)7-5-11-18-12-9-17(10-13-18)8-6-14-19-16(3)4/h15-17H,5-14H2,1-4H3. The molecule has 0 aliphatic carbocycles. The number of rotatable bonds is 9. The van der Waals surface area contributed by atoms with Crippen LogP contribution >= 0.6 is 0 Å².